The fourth-order valence-corrected chi connectivity index (χ4v) is 1.52. The number of hydrogen-bond acceptors (Lipinski definition) is 4. The van der Waals surface area contributed by atoms with Crippen molar-refractivity contribution >= 4 is 32.7 Å². The van der Waals surface area contributed by atoms with Crippen LogP contribution in [-0.4, -0.2) is 42.2 Å². The highest BCUT2D eigenvalue weighted by molar-refractivity contribution is 14.2. The van der Waals surface area contributed by atoms with Gasteiger partial charge in [-0.3, -0.25) is 15.3 Å². The van der Waals surface area contributed by atoms with Crippen LogP contribution in [-0.2, 0) is 9.36 Å². The molecule has 0 fully saturated rings. The monoisotopic (exact) mass is 320 g/mol. The van der Waals surface area contributed by atoms with Crippen LogP contribution in [0.25, 0.3) is 0 Å². The number of hydrogen-bond donors (Lipinski definition) is 2. The summed E-state index contributed by atoms with van der Waals surface area (Å²) in [7, 11) is 1.25. The standard InChI is InChI=1S/C6H14IN2O3P/c1-5(13(3,7)12)8-4-6(10)9(2)11/h5,8,11H,4H2,1-3H3. The predicted molar refractivity (Wildman–Crippen MR) is 59.6 cm³/mol. The van der Waals surface area contributed by atoms with E-state index in [1.54, 1.807) is 13.6 Å². The lowest BCUT2D eigenvalue weighted by Gasteiger charge is -2.17. The molecule has 0 aliphatic rings. The van der Waals surface area contributed by atoms with E-state index < -0.39 is 10.7 Å². The van der Waals surface area contributed by atoms with E-state index in [2.05, 4.69) is 5.32 Å². The molecule has 1 amide bonds. The summed E-state index contributed by atoms with van der Waals surface area (Å²) >= 11 is 1.87. The average molecular weight is 320 g/mol. The number of rotatable bonds is 4. The van der Waals surface area contributed by atoms with Crippen molar-refractivity contribution in [3.05, 3.63) is 0 Å². The molecule has 0 aromatic rings. The highest BCUT2D eigenvalue weighted by Gasteiger charge is 2.20. The minimum absolute atomic E-state index is 0.00496. The smallest absolute Gasteiger partial charge is 0.259 e. The number of likely N-dealkylation sites (N-methyl/N-ethyl adjacent to an activating group) is 1. The molecule has 0 aromatic heterocycles. The molecule has 2 unspecified atom stereocenters. The topological polar surface area (TPSA) is 69.6 Å². The lowest BCUT2D eigenvalue weighted by Crippen LogP contribution is -2.36. The summed E-state index contributed by atoms with van der Waals surface area (Å²) in [6, 6.07) is 0. The first-order valence-corrected chi connectivity index (χ1v) is 8.71. The molecule has 0 aliphatic heterocycles. The van der Waals surface area contributed by atoms with E-state index in [1.165, 1.54) is 7.05 Å². The summed E-state index contributed by atoms with van der Waals surface area (Å²) in [6.07, 6.45) is 0. The van der Waals surface area contributed by atoms with Gasteiger partial charge >= 0.3 is 0 Å². The minimum atomic E-state index is -2.24. The molecule has 0 heterocycles. The third-order valence-corrected chi connectivity index (χ3v) is 5.67. The molecule has 0 aromatic carbocycles. The predicted octanol–water partition coefficient (Wildman–Crippen LogP) is 1.11. The third kappa shape index (κ3) is 5.61. The van der Waals surface area contributed by atoms with Crippen molar-refractivity contribution in [1.82, 2.24) is 10.4 Å². The summed E-state index contributed by atoms with van der Waals surface area (Å²) in [5, 5.41) is 12.0. The first-order valence-electron chi connectivity index (χ1n) is 3.71. The maximum atomic E-state index is 11.4. The molecule has 2 atom stereocenters. The molecule has 0 radical (unpaired) electrons. The second-order valence-corrected chi connectivity index (χ2v) is 11.1. The molecule has 0 aliphatic carbocycles. The van der Waals surface area contributed by atoms with Crippen molar-refractivity contribution < 1.29 is 14.6 Å². The van der Waals surface area contributed by atoms with Gasteiger partial charge in [0.1, 0.15) is 0 Å². The first-order chi connectivity index (χ1) is 5.75. The first kappa shape index (κ1) is 13.4. The van der Waals surface area contributed by atoms with Crippen molar-refractivity contribution in [1.29, 1.82) is 0 Å². The SMILES string of the molecule is CC(NCC(=O)N(C)O)P(C)(=O)I. The van der Waals surface area contributed by atoms with Gasteiger partial charge in [-0.05, 0) is 35.6 Å². The molecular weight excluding hydrogens is 306 g/mol. The minimum Gasteiger partial charge on any atom is -0.311 e. The van der Waals surface area contributed by atoms with Crippen LogP contribution < -0.4 is 5.32 Å². The summed E-state index contributed by atoms with van der Waals surface area (Å²) in [6.45, 7) is 3.38. The summed E-state index contributed by atoms with van der Waals surface area (Å²) in [5.41, 5.74) is 0. The second-order valence-electron chi connectivity index (χ2n) is 2.86. The molecule has 2 N–H and O–H groups in total. The highest BCUT2D eigenvalue weighted by Crippen LogP contribution is 2.54. The molecule has 5 nitrogen and oxygen atoms in total. The molecule has 0 saturated heterocycles. The number of hydroxylamine groups is 2. The molecule has 0 spiro atoms. The lowest BCUT2D eigenvalue weighted by atomic mass is 10.5. The molecular formula is C6H14IN2O3P. The van der Waals surface area contributed by atoms with Crippen molar-refractivity contribution in [2.75, 3.05) is 20.3 Å². The van der Waals surface area contributed by atoms with Gasteiger partial charge in [-0.2, -0.15) is 0 Å². The van der Waals surface area contributed by atoms with Gasteiger partial charge < -0.3 is 4.57 Å². The Morgan fingerprint density at radius 3 is 2.54 bits per heavy atom. The number of nitrogens with one attached hydrogen (secondary N) is 1. The third-order valence-electron chi connectivity index (χ3n) is 1.60. The Morgan fingerprint density at radius 2 is 2.23 bits per heavy atom. The van der Waals surface area contributed by atoms with Crippen LogP contribution in [0.15, 0.2) is 0 Å². The maximum Gasteiger partial charge on any atom is 0.259 e. The zero-order chi connectivity index (χ0) is 10.6. The maximum absolute atomic E-state index is 11.4. The normalized spacial score (nSPS) is 17.6. The Bertz CT molecular complexity index is 228. The zero-order valence-electron chi connectivity index (χ0n) is 7.82. The van der Waals surface area contributed by atoms with Gasteiger partial charge in [-0.25, -0.2) is 5.06 Å². The van der Waals surface area contributed by atoms with Crippen LogP contribution in [0.3, 0.4) is 0 Å². The van der Waals surface area contributed by atoms with Gasteiger partial charge in [-0.1, -0.05) is 0 Å². The lowest BCUT2D eigenvalue weighted by molar-refractivity contribution is -0.158. The Morgan fingerprint density at radius 1 is 1.77 bits per heavy atom. The van der Waals surface area contributed by atoms with E-state index in [9.17, 15) is 9.36 Å². The van der Waals surface area contributed by atoms with Gasteiger partial charge in [0.05, 0.1) is 12.3 Å². The van der Waals surface area contributed by atoms with Crippen molar-refractivity contribution in [3.63, 3.8) is 0 Å². The average Bonchev–Trinajstić information content (AvgIpc) is 1.97. The molecule has 0 saturated carbocycles. The van der Waals surface area contributed by atoms with Crippen LogP contribution in [0, 0.1) is 0 Å². The van der Waals surface area contributed by atoms with Crippen LogP contribution in [0.1, 0.15) is 6.92 Å². The Hall–Kier alpha value is 0.350. The fraction of sp³-hybridized carbons (Fsp3) is 0.833. The van der Waals surface area contributed by atoms with E-state index in [0.717, 1.165) is 0 Å². The van der Waals surface area contributed by atoms with Gasteiger partial charge in [0, 0.05) is 7.05 Å². The number of carbonyl (C=O) groups excluding carboxylic acids is 1. The zero-order valence-corrected chi connectivity index (χ0v) is 10.9. The van der Waals surface area contributed by atoms with Crippen molar-refractivity contribution in [2.45, 2.75) is 12.7 Å². The molecule has 0 rings (SSSR count). The van der Waals surface area contributed by atoms with Gasteiger partial charge in [-0.15, -0.1) is 0 Å². The van der Waals surface area contributed by atoms with Crippen molar-refractivity contribution in [2.24, 2.45) is 0 Å². The number of carbonyl (C=O) groups is 1. The Balaban J connectivity index is 3.91. The number of amides is 1. The quantitative estimate of drug-likeness (QED) is 0.352. The fourth-order valence-electron chi connectivity index (χ4n) is 0.512. The Labute approximate surface area is 90.7 Å². The highest BCUT2D eigenvalue weighted by atomic mass is 127. The van der Waals surface area contributed by atoms with Crippen LogP contribution in [0.4, 0.5) is 0 Å². The summed E-state index contributed by atoms with van der Waals surface area (Å²) < 4.78 is 11.4. The van der Waals surface area contributed by atoms with Gasteiger partial charge in [0.2, 0.25) is 0 Å². The molecule has 0 bridgehead atoms. The van der Waals surface area contributed by atoms with E-state index in [0.29, 0.717) is 5.06 Å². The van der Waals surface area contributed by atoms with Crippen LogP contribution >= 0.6 is 26.8 Å². The summed E-state index contributed by atoms with van der Waals surface area (Å²) in [4.78, 5) is 8.66. The van der Waals surface area contributed by atoms with Gasteiger partial charge in [0.25, 0.3) is 5.91 Å². The van der Waals surface area contributed by atoms with E-state index in [4.69, 9.17) is 5.21 Å². The Kier molecular flexibility index (Phi) is 5.43. The van der Waals surface area contributed by atoms with E-state index >= 15 is 0 Å². The van der Waals surface area contributed by atoms with E-state index in [-0.39, 0.29) is 12.3 Å². The molecule has 13 heavy (non-hydrogen) atoms. The molecule has 78 valence electrons. The van der Waals surface area contributed by atoms with Crippen LogP contribution in [0.2, 0.25) is 0 Å². The van der Waals surface area contributed by atoms with E-state index in [1.807, 2.05) is 22.0 Å². The largest absolute Gasteiger partial charge is 0.311 e. The van der Waals surface area contributed by atoms with Crippen molar-refractivity contribution in [3.8, 4) is 0 Å². The summed E-state index contributed by atoms with van der Waals surface area (Å²) in [5.74, 6) is -0.672. The number of nitrogens with zero attached hydrogens (tertiary/aromatic N) is 1. The van der Waals surface area contributed by atoms with Crippen LogP contribution in [0.5, 0.6) is 0 Å². The molecule has 7 heteroatoms. The van der Waals surface area contributed by atoms with Gasteiger partial charge in [0.15, 0.2) is 4.78 Å². The second kappa shape index (κ2) is 5.29. The number of halogens is 1.